The first-order chi connectivity index (χ1) is 10.3. The molecular weight excluding hydrogens is 284 g/mol. The quantitative estimate of drug-likeness (QED) is 0.855. The van der Waals surface area contributed by atoms with E-state index in [1.54, 1.807) is 18.5 Å². The van der Waals surface area contributed by atoms with Gasteiger partial charge in [-0.3, -0.25) is 4.79 Å². The molecule has 5 nitrogen and oxygen atoms in total. The molecule has 2 fully saturated rings. The Labute approximate surface area is 127 Å². The van der Waals surface area contributed by atoms with Crippen LogP contribution in [0.1, 0.15) is 29.8 Å². The predicted molar refractivity (Wildman–Crippen MR) is 79.9 cm³/mol. The van der Waals surface area contributed by atoms with Crippen LogP contribution in [0, 0.1) is 11.8 Å². The summed E-state index contributed by atoms with van der Waals surface area (Å²) in [4.78, 5) is 27.4. The first kappa shape index (κ1) is 12.9. The second-order valence-electron chi connectivity index (χ2n) is 5.87. The fourth-order valence-electron chi connectivity index (χ4n) is 3.42. The molecule has 4 rings (SSSR count). The molecular formula is C15H16N4OS. The van der Waals surface area contributed by atoms with E-state index in [2.05, 4.69) is 15.0 Å². The van der Waals surface area contributed by atoms with Crippen molar-refractivity contribution in [2.45, 2.75) is 19.3 Å². The minimum absolute atomic E-state index is 0.0602. The summed E-state index contributed by atoms with van der Waals surface area (Å²) >= 11 is 1.43. The molecule has 3 heterocycles. The summed E-state index contributed by atoms with van der Waals surface area (Å²) in [5.41, 5.74) is 0.531. The van der Waals surface area contributed by atoms with Gasteiger partial charge < -0.3 is 4.90 Å². The highest BCUT2D eigenvalue weighted by Crippen LogP contribution is 2.36. The van der Waals surface area contributed by atoms with Crippen LogP contribution in [0.15, 0.2) is 23.8 Å². The molecule has 2 unspecified atom stereocenters. The summed E-state index contributed by atoms with van der Waals surface area (Å²) in [5, 5.41) is 2.53. The van der Waals surface area contributed by atoms with Crippen molar-refractivity contribution in [3.8, 4) is 10.8 Å². The van der Waals surface area contributed by atoms with Crippen molar-refractivity contribution in [2.24, 2.45) is 11.8 Å². The highest BCUT2D eigenvalue weighted by molar-refractivity contribution is 7.13. The second-order valence-corrected chi connectivity index (χ2v) is 6.72. The number of rotatable bonds is 2. The number of thiazole rings is 1. The number of amides is 1. The molecule has 108 valence electrons. The first-order valence-electron chi connectivity index (χ1n) is 7.32. The molecule has 0 aromatic carbocycles. The Morgan fingerprint density at radius 1 is 1.19 bits per heavy atom. The van der Waals surface area contributed by atoms with Gasteiger partial charge in [-0.05, 0) is 37.2 Å². The van der Waals surface area contributed by atoms with Crippen LogP contribution in [-0.4, -0.2) is 38.8 Å². The molecule has 1 aliphatic heterocycles. The predicted octanol–water partition coefficient (Wildman–Crippen LogP) is 2.47. The Morgan fingerprint density at radius 2 is 1.90 bits per heavy atom. The number of likely N-dealkylation sites (tertiary alicyclic amines) is 1. The third-order valence-corrected chi connectivity index (χ3v) is 5.21. The topological polar surface area (TPSA) is 59.0 Å². The number of carbonyl (C=O) groups is 1. The largest absolute Gasteiger partial charge is 0.337 e. The zero-order valence-corrected chi connectivity index (χ0v) is 12.4. The van der Waals surface area contributed by atoms with Gasteiger partial charge in [0, 0.05) is 30.9 Å². The number of carbonyl (C=O) groups excluding carboxylic acids is 1. The van der Waals surface area contributed by atoms with Crippen molar-refractivity contribution in [2.75, 3.05) is 13.1 Å². The fraction of sp³-hybridized carbons (Fsp3) is 0.467. The summed E-state index contributed by atoms with van der Waals surface area (Å²) in [6.45, 7) is 1.79. The SMILES string of the molecule is O=C(c1csc(-c2ncccn2)n1)N1CC2CCC(C2)C1. The Balaban J connectivity index is 1.54. The minimum atomic E-state index is 0.0602. The van der Waals surface area contributed by atoms with Crippen molar-refractivity contribution in [3.05, 3.63) is 29.5 Å². The molecule has 2 aromatic heterocycles. The zero-order chi connectivity index (χ0) is 14.2. The third-order valence-electron chi connectivity index (χ3n) is 4.37. The lowest BCUT2D eigenvalue weighted by molar-refractivity contribution is 0.0657. The molecule has 1 amide bonds. The van der Waals surface area contributed by atoms with Gasteiger partial charge in [0.2, 0.25) is 0 Å². The van der Waals surface area contributed by atoms with Crippen molar-refractivity contribution < 1.29 is 4.79 Å². The molecule has 6 heteroatoms. The normalized spacial score (nSPS) is 24.3. The van der Waals surface area contributed by atoms with E-state index in [1.165, 1.54) is 30.6 Å². The Bertz CT molecular complexity index is 645. The average molecular weight is 300 g/mol. The zero-order valence-electron chi connectivity index (χ0n) is 11.6. The van der Waals surface area contributed by atoms with Crippen LogP contribution in [-0.2, 0) is 0 Å². The molecule has 1 saturated heterocycles. The lowest BCUT2D eigenvalue weighted by Gasteiger charge is -2.31. The summed E-state index contributed by atoms with van der Waals surface area (Å²) < 4.78 is 0. The van der Waals surface area contributed by atoms with Crippen LogP contribution < -0.4 is 0 Å². The van der Waals surface area contributed by atoms with Crippen molar-refractivity contribution in [3.63, 3.8) is 0 Å². The van der Waals surface area contributed by atoms with E-state index in [0.29, 0.717) is 28.4 Å². The number of nitrogens with zero attached hydrogens (tertiary/aromatic N) is 4. The summed E-state index contributed by atoms with van der Waals surface area (Å²) in [6.07, 6.45) is 7.22. The summed E-state index contributed by atoms with van der Waals surface area (Å²) in [6, 6.07) is 1.77. The molecule has 2 bridgehead atoms. The van der Waals surface area contributed by atoms with Gasteiger partial charge in [-0.15, -0.1) is 11.3 Å². The van der Waals surface area contributed by atoms with Gasteiger partial charge in [-0.25, -0.2) is 15.0 Å². The van der Waals surface area contributed by atoms with E-state index >= 15 is 0 Å². The Kier molecular flexibility index (Phi) is 3.18. The Hall–Kier alpha value is -1.82. The van der Waals surface area contributed by atoms with Crippen LogP contribution in [0.25, 0.3) is 10.8 Å². The summed E-state index contributed by atoms with van der Waals surface area (Å²) in [7, 11) is 0. The van der Waals surface area contributed by atoms with Gasteiger partial charge in [0.25, 0.3) is 5.91 Å². The molecule has 0 N–H and O–H groups in total. The molecule has 0 spiro atoms. The lowest BCUT2D eigenvalue weighted by Crippen LogP contribution is -2.40. The van der Waals surface area contributed by atoms with Crippen molar-refractivity contribution >= 4 is 17.2 Å². The number of hydrogen-bond donors (Lipinski definition) is 0. The van der Waals surface area contributed by atoms with E-state index < -0.39 is 0 Å². The average Bonchev–Trinajstić information content (AvgIpc) is 3.14. The Morgan fingerprint density at radius 3 is 2.62 bits per heavy atom. The molecule has 1 saturated carbocycles. The van der Waals surface area contributed by atoms with Gasteiger partial charge in [0.05, 0.1) is 0 Å². The van der Waals surface area contributed by atoms with Gasteiger partial charge >= 0.3 is 0 Å². The molecule has 2 atom stereocenters. The van der Waals surface area contributed by atoms with E-state index in [4.69, 9.17) is 0 Å². The highest BCUT2D eigenvalue weighted by Gasteiger charge is 2.35. The first-order valence-corrected chi connectivity index (χ1v) is 8.20. The number of hydrogen-bond acceptors (Lipinski definition) is 5. The maximum absolute atomic E-state index is 12.6. The van der Waals surface area contributed by atoms with Gasteiger partial charge in [-0.2, -0.15) is 0 Å². The monoisotopic (exact) mass is 300 g/mol. The lowest BCUT2D eigenvalue weighted by atomic mass is 9.99. The van der Waals surface area contributed by atoms with Gasteiger partial charge in [0.15, 0.2) is 10.8 Å². The standard InChI is InChI=1S/C15H16N4OS/c20-15(19-7-10-2-3-11(6-10)8-19)12-9-21-14(18-12)13-16-4-1-5-17-13/h1,4-5,9-11H,2-3,6-8H2. The van der Waals surface area contributed by atoms with Crippen LogP contribution in [0.3, 0.4) is 0 Å². The van der Waals surface area contributed by atoms with Crippen molar-refractivity contribution in [1.82, 2.24) is 19.9 Å². The van der Waals surface area contributed by atoms with Gasteiger partial charge in [0.1, 0.15) is 5.69 Å². The maximum atomic E-state index is 12.6. The maximum Gasteiger partial charge on any atom is 0.273 e. The number of piperidine rings is 1. The van der Waals surface area contributed by atoms with E-state index in [-0.39, 0.29) is 5.91 Å². The number of fused-ring (bicyclic) bond motifs is 2. The minimum Gasteiger partial charge on any atom is -0.337 e. The summed E-state index contributed by atoms with van der Waals surface area (Å²) in [5.74, 6) is 2.04. The number of aromatic nitrogens is 3. The highest BCUT2D eigenvalue weighted by atomic mass is 32.1. The molecule has 1 aliphatic carbocycles. The van der Waals surface area contributed by atoms with Crippen molar-refractivity contribution in [1.29, 1.82) is 0 Å². The van der Waals surface area contributed by atoms with Crippen LogP contribution >= 0.6 is 11.3 Å². The van der Waals surface area contributed by atoms with Crippen LogP contribution in [0.5, 0.6) is 0 Å². The molecule has 2 aliphatic rings. The smallest absolute Gasteiger partial charge is 0.273 e. The molecule has 21 heavy (non-hydrogen) atoms. The van der Waals surface area contributed by atoms with E-state index in [9.17, 15) is 4.79 Å². The molecule has 2 aromatic rings. The second kappa shape index (κ2) is 5.18. The van der Waals surface area contributed by atoms with Gasteiger partial charge in [-0.1, -0.05) is 0 Å². The van der Waals surface area contributed by atoms with Crippen LogP contribution in [0.4, 0.5) is 0 Å². The van der Waals surface area contributed by atoms with Crippen LogP contribution in [0.2, 0.25) is 0 Å². The third kappa shape index (κ3) is 2.44. The molecule has 0 radical (unpaired) electrons. The fourth-order valence-corrected chi connectivity index (χ4v) is 4.16. The van der Waals surface area contributed by atoms with E-state index in [0.717, 1.165) is 13.1 Å². The van der Waals surface area contributed by atoms with E-state index in [1.807, 2.05) is 10.3 Å².